The number of aryl methyl sites for hydroxylation is 1. The summed E-state index contributed by atoms with van der Waals surface area (Å²) in [5.41, 5.74) is 0.358. The van der Waals surface area contributed by atoms with Crippen molar-refractivity contribution in [1.82, 2.24) is 15.0 Å². The monoisotopic (exact) mass is 315 g/mol. The molecule has 1 fully saturated rings. The minimum atomic E-state index is -0.779. The van der Waals surface area contributed by atoms with E-state index in [-0.39, 0.29) is 0 Å². The molecule has 0 amide bonds. The normalized spacial score (nSPS) is 29.6. The van der Waals surface area contributed by atoms with Crippen molar-refractivity contribution >= 4 is 15.9 Å². The van der Waals surface area contributed by atoms with E-state index in [9.17, 15) is 5.11 Å². The van der Waals surface area contributed by atoms with Gasteiger partial charge in [0.25, 0.3) is 0 Å². The van der Waals surface area contributed by atoms with E-state index in [0.717, 1.165) is 31.4 Å². The molecule has 0 aliphatic heterocycles. The summed E-state index contributed by atoms with van der Waals surface area (Å²) < 4.78 is 2.35. The first-order valence-electron chi connectivity index (χ1n) is 6.52. The minimum absolute atomic E-state index is 0.323. The molecular formula is C13H22BrN3O. The smallest absolute Gasteiger partial charge is 0.154 e. The molecule has 1 aliphatic carbocycles. The Balaban J connectivity index is 2.18. The molecule has 0 aromatic carbocycles. The van der Waals surface area contributed by atoms with Gasteiger partial charge in [0, 0.05) is 7.05 Å². The fourth-order valence-electron chi connectivity index (χ4n) is 3.02. The third kappa shape index (κ3) is 2.48. The van der Waals surface area contributed by atoms with Crippen LogP contribution in [0.4, 0.5) is 0 Å². The third-order valence-electron chi connectivity index (χ3n) is 4.26. The second-order valence-electron chi connectivity index (χ2n) is 6.52. The summed E-state index contributed by atoms with van der Waals surface area (Å²) in [6.45, 7) is 6.84. The van der Waals surface area contributed by atoms with Crippen LogP contribution in [0.1, 0.15) is 52.1 Å². The molecule has 0 bridgehead atoms. The standard InChI is InChI=1S/C13H22BrN3O/c1-12(2,3)9-5-7-13(18,8-6-9)10-11(14)15-16-17(10)4/h9,18H,5-8H2,1-4H3. The van der Waals surface area contributed by atoms with E-state index in [0.29, 0.717) is 15.9 Å². The van der Waals surface area contributed by atoms with Gasteiger partial charge in [-0.25, -0.2) is 4.68 Å². The zero-order valence-electron chi connectivity index (χ0n) is 11.6. The maximum absolute atomic E-state index is 10.8. The van der Waals surface area contributed by atoms with Crippen LogP contribution < -0.4 is 0 Å². The molecule has 0 saturated heterocycles. The molecule has 4 nitrogen and oxygen atoms in total. The molecule has 2 rings (SSSR count). The highest BCUT2D eigenvalue weighted by molar-refractivity contribution is 9.10. The molecule has 5 heteroatoms. The van der Waals surface area contributed by atoms with Gasteiger partial charge in [0.05, 0.1) is 0 Å². The predicted octanol–water partition coefficient (Wildman–Crippen LogP) is 3.00. The lowest BCUT2D eigenvalue weighted by Gasteiger charge is -2.41. The first-order valence-corrected chi connectivity index (χ1v) is 7.31. The Morgan fingerprint density at radius 3 is 2.28 bits per heavy atom. The highest BCUT2D eigenvalue weighted by atomic mass is 79.9. The van der Waals surface area contributed by atoms with Crippen LogP contribution in [-0.2, 0) is 12.6 Å². The Hall–Kier alpha value is -0.420. The maximum Gasteiger partial charge on any atom is 0.154 e. The van der Waals surface area contributed by atoms with Crippen LogP contribution in [0.2, 0.25) is 0 Å². The summed E-state index contributed by atoms with van der Waals surface area (Å²) in [6.07, 6.45) is 3.68. The van der Waals surface area contributed by atoms with Gasteiger partial charge < -0.3 is 5.11 Å². The average molecular weight is 316 g/mol. The van der Waals surface area contributed by atoms with Crippen LogP contribution in [0.15, 0.2) is 4.60 Å². The van der Waals surface area contributed by atoms with Crippen LogP contribution in [0.25, 0.3) is 0 Å². The molecule has 0 atom stereocenters. The molecule has 0 spiro atoms. The van der Waals surface area contributed by atoms with Gasteiger partial charge in [0.2, 0.25) is 0 Å². The molecule has 18 heavy (non-hydrogen) atoms. The molecule has 1 saturated carbocycles. The topological polar surface area (TPSA) is 50.9 Å². The van der Waals surface area contributed by atoms with Crippen molar-refractivity contribution in [2.45, 2.75) is 52.1 Å². The third-order valence-corrected chi connectivity index (χ3v) is 4.80. The van der Waals surface area contributed by atoms with E-state index < -0.39 is 5.60 Å². The first-order chi connectivity index (χ1) is 8.24. The zero-order valence-corrected chi connectivity index (χ0v) is 13.2. The van der Waals surface area contributed by atoms with Crippen LogP contribution in [0.3, 0.4) is 0 Å². The Morgan fingerprint density at radius 2 is 1.89 bits per heavy atom. The lowest BCUT2D eigenvalue weighted by atomic mass is 9.68. The van der Waals surface area contributed by atoms with E-state index in [4.69, 9.17) is 0 Å². The number of aromatic nitrogens is 3. The van der Waals surface area contributed by atoms with E-state index in [2.05, 4.69) is 47.0 Å². The van der Waals surface area contributed by atoms with E-state index in [1.807, 2.05) is 7.05 Å². The van der Waals surface area contributed by atoms with Crippen LogP contribution >= 0.6 is 15.9 Å². The number of hydrogen-bond donors (Lipinski definition) is 1. The van der Waals surface area contributed by atoms with Gasteiger partial charge >= 0.3 is 0 Å². The van der Waals surface area contributed by atoms with E-state index in [1.165, 1.54) is 0 Å². The number of hydrogen-bond acceptors (Lipinski definition) is 3. The lowest BCUT2D eigenvalue weighted by molar-refractivity contribution is -0.0363. The molecular weight excluding hydrogens is 294 g/mol. The van der Waals surface area contributed by atoms with Crippen LogP contribution in [0, 0.1) is 11.3 Å². The molecule has 1 aromatic rings. The molecule has 102 valence electrons. The summed E-state index contributed by atoms with van der Waals surface area (Å²) in [5.74, 6) is 0.678. The molecule has 1 N–H and O–H groups in total. The number of rotatable bonds is 1. The van der Waals surface area contributed by atoms with Crippen molar-refractivity contribution in [2.75, 3.05) is 0 Å². The summed E-state index contributed by atoms with van der Waals surface area (Å²) in [7, 11) is 1.83. The van der Waals surface area contributed by atoms with Crippen molar-refractivity contribution in [3.05, 3.63) is 10.3 Å². The number of halogens is 1. The summed E-state index contributed by atoms with van der Waals surface area (Å²) in [6, 6.07) is 0. The lowest BCUT2D eigenvalue weighted by Crippen LogP contribution is -2.37. The second kappa shape index (κ2) is 4.60. The maximum atomic E-state index is 10.8. The van der Waals surface area contributed by atoms with Crippen LogP contribution in [0.5, 0.6) is 0 Å². The summed E-state index contributed by atoms with van der Waals surface area (Å²) in [5, 5.41) is 18.8. The van der Waals surface area contributed by atoms with Gasteiger partial charge in [-0.3, -0.25) is 0 Å². The second-order valence-corrected chi connectivity index (χ2v) is 7.28. The predicted molar refractivity (Wildman–Crippen MR) is 74.0 cm³/mol. The molecule has 0 unspecified atom stereocenters. The average Bonchev–Trinajstić information content (AvgIpc) is 2.58. The SMILES string of the molecule is Cn1nnc(Br)c1C1(O)CCC(C(C)(C)C)CC1. The fourth-order valence-corrected chi connectivity index (χ4v) is 3.72. The van der Waals surface area contributed by atoms with Crippen molar-refractivity contribution in [3.8, 4) is 0 Å². The van der Waals surface area contributed by atoms with Gasteiger partial charge in [0.1, 0.15) is 11.3 Å². The fraction of sp³-hybridized carbons (Fsp3) is 0.846. The van der Waals surface area contributed by atoms with E-state index >= 15 is 0 Å². The Kier molecular flexibility index (Phi) is 3.58. The highest BCUT2D eigenvalue weighted by Crippen LogP contribution is 2.46. The number of nitrogens with zero attached hydrogens (tertiary/aromatic N) is 3. The highest BCUT2D eigenvalue weighted by Gasteiger charge is 2.41. The molecule has 0 radical (unpaired) electrons. The molecule has 1 heterocycles. The van der Waals surface area contributed by atoms with Gasteiger partial charge in [-0.2, -0.15) is 0 Å². The summed E-state index contributed by atoms with van der Waals surface area (Å²) in [4.78, 5) is 0. The molecule has 1 aliphatic rings. The summed E-state index contributed by atoms with van der Waals surface area (Å²) >= 11 is 3.39. The van der Waals surface area contributed by atoms with Crippen molar-refractivity contribution in [2.24, 2.45) is 18.4 Å². The van der Waals surface area contributed by atoms with Gasteiger partial charge in [-0.05, 0) is 52.9 Å². The van der Waals surface area contributed by atoms with Gasteiger partial charge in [-0.1, -0.05) is 26.0 Å². The largest absolute Gasteiger partial charge is 0.383 e. The van der Waals surface area contributed by atoms with E-state index in [1.54, 1.807) is 4.68 Å². The van der Waals surface area contributed by atoms with Crippen molar-refractivity contribution < 1.29 is 5.11 Å². The zero-order chi connectivity index (χ0) is 13.6. The van der Waals surface area contributed by atoms with Gasteiger partial charge in [-0.15, -0.1) is 5.10 Å². The quantitative estimate of drug-likeness (QED) is 0.866. The Morgan fingerprint density at radius 1 is 1.33 bits per heavy atom. The Labute approximate surface area is 117 Å². The van der Waals surface area contributed by atoms with Gasteiger partial charge in [0.15, 0.2) is 4.60 Å². The van der Waals surface area contributed by atoms with Crippen LogP contribution in [-0.4, -0.2) is 20.1 Å². The molecule has 1 aromatic heterocycles. The number of aliphatic hydroxyl groups is 1. The first kappa shape index (κ1) is 14.0. The van der Waals surface area contributed by atoms with Crippen molar-refractivity contribution in [1.29, 1.82) is 0 Å². The van der Waals surface area contributed by atoms with Crippen molar-refractivity contribution in [3.63, 3.8) is 0 Å². The minimum Gasteiger partial charge on any atom is -0.383 e. The Bertz CT molecular complexity index is 408.